The molecule has 1 aromatic carbocycles. The van der Waals surface area contributed by atoms with E-state index < -0.39 is 12.2 Å². The van der Waals surface area contributed by atoms with E-state index in [-0.39, 0.29) is 12.5 Å². The summed E-state index contributed by atoms with van der Waals surface area (Å²) in [5.41, 5.74) is 1.36. The molecule has 2 unspecified atom stereocenters. The van der Waals surface area contributed by atoms with E-state index in [4.69, 9.17) is 0 Å². The van der Waals surface area contributed by atoms with Crippen molar-refractivity contribution in [3.05, 3.63) is 42.1 Å². The lowest BCUT2D eigenvalue weighted by Gasteiger charge is -2.19. The zero-order valence-electron chi connectivity index (χ0n) is 10.6. The van der Waals surface area contributed by atoms with Crippen molar-refractivity contribution < 1.29 is 15.0 Å². The Labute approximate surface area is 110 Å². The first-order valence-corrected chi connectivity index (χ1v) is 6.04. The number of pyridine rings is 1. The molecule has 0 aliphatic heterocycles. The van der Waals surface area contributed by atoms with Crippen LogP contribution < -0.4 is 5.32 Å². The molecular weight excluding hydrogens is 244 g/mol. The molecule has 0 aliphatic carbocycles. The van der Waals surface area contributed by atoms with Gasteiger partial charge < -0.3 is 15.5 Å². The molecule has 2 aromatic rings. The lowest BCUT2D eigenvalue weighted by molar-refractivity contribution is -0.119. The van der Waals surface area contributed by atoms with E-state index in [0.717, 1.165) is 10.9 Å². The fraction of sp³-hybridized carbons (Fsp3) is 0.286. The van der Waals surface area contributed by atoms with Crippen molar-refractivity contribution in [2.75, 3.05) is 6.54 Å². The molecule has 2 atom stereocenters. The van der Waals surface area contributed by atoms with Gasteiger partial charge >= 0.3 is 0 Å². The molecule has 0 saturated heterocycles. The second-order valence-corrected chi connectivity index (χ2v) is 4.37. The highest BCUT2D eigenvalue weighted by molar-refractivity contribution is 5.82. The van der Waals surface area contributed by atoms with E-state index >= 15 is 0 Å². The summed E-state index contributed by atoms with van der Waals surface area (Å²) >= 11 is 0. The number of carbonyl (C=O) groups excluding carboxylic acids is 1. The molecule has 0 bridgehead atoms. The van der Waals surface area contributed by atoms with Crippen molar-refractivity contribution in [1.29, 1.82) is 0 Å². The molecule has 5 nitrogen and oxygen atoms in total. The second kappa shape index (κ2) is 5.77. The first-order chi connectivity index (χ1) is 9.09. The van der Waals surface area contributed by atoms with Crippen molar-refractivity contribution in [2.24, 2.45) is 0 Å². The van der Waals surface area contributed by atoms with E-state index in [1.54, 1.807) is 24.4 Å². The van der Waals surface area contributed by atoms with Crippen molar-refractivity contribution >= 4 is 16.8 Å². The molecule has 3 N–H and O–H groups in total. The molecule has 0 spiro atoms. The molecule has 1 amide bonds. The predicted molar refractivity (Wildman–Crippen MR) is 71.4 cm³/mol. The minimum absolute atomic E-state index is 0.00709. The number of nitrogens with one attached hydrogen (secondary N) is 1. The van der Waals surface area contributed by atoms with Gasteiger partial charge in [-0.1, -0.05) is 18.2 Å². The molecule has 1 aromatic heterocycles. The van der Waals surface area contributed by atoms with Gasteiger partial charge in [-0.2, -0.15) is 0 Å². The van der Waals surface area contributed by atoms with Crippen LogP contribution in [0.1, 0.15) is 18.6 Å². The number of benzene rings is 1. The Hall–Kier alpha value is -1.98. The van der Waals surface area contributed by atoms with Crippen molar-refractivity contribution in [3.8, 4) is 0 Å². The Morgan fingerprint density at radius 1 is 1.32 bits per heavy atom. The predicted octanol–water partition coefficient (Wildman–Crippen LogP) is 0.765. The molecule has 0 saturated carbocycles. The molecule has 0 fully saturated rings. The SMILES string of the molecule is CC(=O)NCC(O)C(O)c1cccc2ncccc12. The number of hydrogen-bond donors (Lipinski definition) is 3. The Bertz CT molecular complexity index is 580. The van der Waals surface area contributed by atoms with Crippen molar-refractivity contribution in [1.82, 2.24) is 10.3 Å². The molecule has 0 aliphatic rings. The average molecular weight is 260 g/mol. The van der Waals surface area contributed by atoms with Crippen LogP contribution in [0.25, 0.3) is 10.9 Å². The number of hydrogen-bond acceptors (Lipinski definition) is 4. The summed E-state index contributed by atoms with van der Waals surface area (Å²) in [6, 6.07) is 8.97. The molecule has 1 heterocycles. The maximum Gasteiger partial charge on any atom is 0.216 e. The Morgan fingerprint density at radius 2 is 2.11 bits per heavy atom. The zero-order chi connectivity index (χ0) is 13.8. The summed E-state index contributed by atoms with van der Waals surface area (Å²) in [5, 5.41) is 23.3. The number of fused-ring (bicyclic) bond motifs is 1. The third-order valence-electron chi connectivity index (χ3n) is 2.92. The van der Waals surface area contributed by atoms with Crippen LogP contribution in [0.5, 0.6) is 0 Å². The molecule has 2 rings (SSSR count). The summed E-state index contributed by atoms with van der Waals surface area (Å²) < 4.78 is 0. The highest BCUT2D eigenvalue weighted by Crippen LogP contribution is 2.24. The van der Waals surface area contributed by atoms with Crippen LogP contribution in [0, 0.1) is 0 Å². The minimum Gasteiger partial charge on any atom is -0.388 e. The maximum atomic E-state index is 10.8. The van der Waals surface area contributed by atoms with Crippen LogP contribution in [0.3, 0.4) is 0 Å². The average Bonchev–Trinajstić information content (AvgIpc) is 2.43. The highest BCUT2D eigenvalue weighted by atomic mass is 16.3. The third-order valence-corrected chi connectivity index (χ3v) is 2.92. The number of amides is 1. The Kier molecular flexibility index (Phi) is 4.09. The van der Waals surface area contributed by atoms with E-state index in [2.05, 4.69) is 10.3 Å². The quantitative estimate of drug-likeness (QED) is 0.758. The van der Waals surface area contributed by atoms with Crippen LogP contribution >= 0.6 is 0 Å². The highest BCUT2D eigenvalue weighted by Gasteiger charge is 2.20. The first-order valence-electron chi connectivity index (χ1n) is 6.04. The number of aromatic nitrogens is 1. The van der Waals surface area contributed by atoms with Gasteiger partial charge in [0.15, 0.2) is 0 Å². The smallest absolute Gasteiger partial charge is 0.216 e. The van der Waals surface area contributed by atoms with Gasteiger partial charge in [0.2, 0.25) is 5.91 Å². The van der Waals surface area contributed by atoms with E-state index in [1.165, 1.54) is 6.92 Å². The van der Waals surface area contributed by atoms with E-state index in [1.807, 2.05) is 12.1 Å². The molecule has 100 valence electrons. The standard InChI is InChI=1S/C14H16N2O3/c1-9(17)16-8-13(18)14(19)11-4-2-6-12-10(11)5-3-7-15-12/h2-7,13-14,18-19H,8H2,1H3,(H,16,17). The van der Waals surface area contributed by atoms with Gasteiger partial charge in [-0.3, -0.25) is 9.78 Å². The monoisotopic (exact) mass is 260 g/mol. The van der Waals surface area contributed by atoms with Gasteiger partial charge in [0.25, 0.3) is 0 Å². The normalized spacial score (nSPS) is 14.1. The van der Waals surface area contributed by atoms with Crippen molar-refractivity contribution in [3.63, 3.8) is 0 Å². The number of rotatable bonds is 4. The minimum atomic E-state index is -1.07. The molecule has 19 heavy (non-hydrogen) atoms. The topological polar surface area (TPSA) is 82.5 Å². The van der Waals surface area contributed by atoms with Gasteiger partial charge in [0.1, 0.15) is 12.2 Å². The summed E-state index contributed by atoms with van der Waals surface area (Å²) in [4.78, 5) is 15.0. The molecular formula is C14H16N2O3. The van der Waals surface area contributed by atoms with Crippen LogP contribution in [-0.4, -0.2) is 33.8 Å². The lowest BCUT2D eigenvalue weighted by Crippen LogP contribution is -2.34. The van der Waals surface area contributed by atoms with Crippen LogP contribution in [0.2, 0.25) is 0 Å². The lowest BCUT2D eigenvalue weighted by atomic mass is 9.99. The van der Waals surface area contributed by atoms with E-state index in [9.17, 15) is 15.0 Å². The van der Waals surface area contributed by atoms with Gasteiger partial charge in [0, 0.05) is 25.1 Å². The Balaban J connectivity index is 2.25. The Morgan fingerprint density at radius 3 is 2.84 bits per heavy atom. The second-order valence-electron chi connectivity index (χ2n) is 4.37. The van der Waals surface area contributed by atoms with Gasteiger partial charge in [-0.25, -0.2) is 0 Å². The number of aliphatic hydroxyl groups excluding tert-OH is 2. The molecule has 0 radical (unpaired) electrons. The first kappa shape index (κ1) is 13.5. The molecule has 5 heteroatoms. The summed E-state index contributed by atoms with van der Waals surface area (Å²) in [6.45, 7) is 1.37. The van der Waals surface area contributed by atoms with Gasteiger partial charge in [0.05, 0.1) is 5.52 Å². The number of nitrogens with zero attached hydrogens (tertiary/aromatic N) is 1. The zero-order valence-corrected chi connectivity index (χ0v) is 10.6. The van der Waals surface area contributed by atoms with E-state index in [0.29, 0.717) is 5.56 Å². The maximum absolute atomic E-state index is 10.8. The fourth-order valence-corrected chi connectivity index (χ4v) is 1.95. The number of aliphatic hydroxyl groups is 2. The van der Waals surface area contributed by atoms with Crippen LogP contribution in [0.4, 0.5) is 0 Å². The fourth-order valence-electron chi connectivity index (χ4n) is 1.95. The van der Waals surface area contributed by atoms with Gasteiger partial charge in [-0.15, -0.1) is 0 Å². The van der Waals surface area contributed by atoms with Crippen LogP contribution in [0.15, 0.2) is 36.5 Å². The largest absolute Gasteiger partial charge is 0.388 e. The van der Waals surface area contributed by atoms with Gasteiger partial charge in [-0.05, 0) is 17.7 Å². The summed E-state index contributed by atoms with van der Waals surface area (Å²) in [7, 11) is 0. The summed E-state index contributed by atoms with van der Waals surface area (Å²) in [6.07, 6.45) is -0.457. The summed E-state index contributed by atoms with van der Waals surface area (Å²) in [5.74, 6) is -0.245. The third kappa shape index (κ3) is 3.07. The van der Waals surface area contributed by atoms with Crippen LogP contribution in [-0.2, 0) is 4.79 Å². The number of carbonyl (C=O) groups is 1. The van der Waals surface area contributed by atoms with Crippen molar-refractivity contribution in [2.45, 2.75) is 19.1 Å².